The lowest BCUT2D eigenvalue weighted by molar-refractivity contribution is 0.114. The topological polar surface area (TPSA) is 38.3 Å². The van der Waals surface area contributed by atoms with Crippen molar-refractivity contribution in [1.29, 1.82) is 0 Å². The Morgan fingerprint density at radius 3 is 2.62 bits per heavy atom. The van der Waals surface area contributed by atoms with Crippen LogP contribution in [0.25, 0.3) is 0 Å². The third kappa shape index (κ3) is 1.82. The van der Waals surface area contributed by atoms with E-state index in [1.54, 1.807) is 0 Å². The minimum absolute atomic E-state index is 0.0475. The Bertz CT molecular complexity index is 436. The zero-order chi connectivity index (χ0) is 11.7. The molecule has 0 aromatic heterocycles. The number of nitrogens with one attached hydrogen (secondary N) is 1. The van der Waals surface area contributed by atoms with Gasteiger partial charge < -0.3 is 10.1 Å². The van der Waals surface area contributed by atoms with Crippen LogP contribution in [-0.2, 0) is 4.74 Å². The van der Waals surface area contributed by atoms with Gasteiger partial charge in [0.05, 0.1) is 12.6 Å². The number of rotatable bonds is 1. The molecule has 0 aliphatic carbocycles. The number of alkyl carbamates (subject to hydrolysis) is 1. The molecule has 1 aliphatic rings. The fourth-order valence-corrected chi connectivity index (χ4v) is 1.60. The first-order valence-electron chi connectivity index (χ1n) is 4.66. The minimum Gasteiger partial charge on any atom is -0.449 e. The van der Waals surface area contributed by atoms with Gasteiger partial charge in [0.2, 0.25) is 0 Å². The number of cyclic esters (lactones) is 1. The van der Waals surface area contributed by atoms with Gasteiger partial charge in [-0.25, -0.2) is 18.0 Å². The van der Waals surface area contributed by atoms with Crippen LogP contribution in [0.5, 0.6) is 0 Å². The molecule has 2 rings (SSSR count). The number of ether oxygens (including phenoxy) is 1. The van der Waals surface area contributed by atoms with Gasteiger partial charge in [0, 0.05) is 12.0 Å². The third-order valence-electron chi connectivity index (χ3n) is 2.36. The summed E-state index contributed by atoms with van der Waals surface area (Å²) in [6.07, 6.45) is -0.567. The molecule has 1 aromatic rings. The first-order chi connectivity index (χ1) is 7.59. The number of hydrogen-bond acceptors (Lipinski definition) is 2. The summed E-state index contributed by atoms with van der Waals surface area (Å²) in [6.45, 7) is 0.0475. The Morgan fingerprint density at radius 1 is 1.25 bits per heavy atom. The maximum absolute atomic E-state index is 13.4. The lowest BCUT2D eigenvalue weighted by atomic mass is 10.0. The van der Waals surface area contributed by atoms with Crippen LogP contribution in [0, 0.1) is 17.5 Å². The molecule has 0 bridgehead atoms. The lowest BCUT2D eigenvalue weighted by Gasteiger charge is -2.24. The molecule has 1 aromatic carbocycles. The van der Waals surface area contributed by atoms with Crippen molar-refractivity contribution in [2.75, 3.05) is 6.61 Å². The Hall–Kier alpha value is -1.72. The molecule has 1 heterocycles. The van der Waals surface area contributed by atoms with Gasteiger partial charge in [0.1, 0.15) is 5.82 Å². The molecule has 0 spiro atoms. The van der Waals surface area contributed by atoms with Crippen molar-refractivity contribution in [3.8, 4) is 0 Å². The Kier molecular flexibility index (Phi) is 2.72. The van der Waals surface area contributed by atoms with Crippen molar-refractivity contribution in [1.82, 2.24) is 5.32 Å². The van der Waals surface area contributed by atoms with Gasteiger partial charge in [-0.05, 0) is 12.1 Å². The van der Waals surface area contributed by atoms with E-state index in [2.05, 4.69) is 10.1 Å². The van der Waals surface area contributed by atoms with Crippen LogP contribution in [0.3, 0.4) is 0 Å². The second-order valence-corrected chi connectivity index (χ2v) is 3.38. The molecular formula is C10H8F3NO2. The van der Waals surface area contributed by atoms with E-state index in [1.165, 1.54) is 0 Å². The van der Waals surface area contributed by atoms with Gasteiger partial charge in [-0.2, -0.15) is 0 Å². The molecule has 3 nitrogen and oxygen atoms in total. The lowest BCUT2D eigenvalue weighted by Crippen LogP contribution is -2.36. The van der Waals surface area contributed by atoms with Gasteiger partial charge in [-0.3, -0.25) is 0 Å². The molecule has 6 heteroatoms. The predicted molar refractivity (Wildman–Crippen MR) is 48.2 cm³/mol. The molecule has 0 saturated carbocycles. The molecule has 1 fully saturated rings. The molecule has 1 N–H and O–H groups in total. The predicted octanol–water partition coefficient (Wildman–Crippen LogP) is 2.27. The van der Waals surface area contributed by atoms with Gasteiger partial charge >= 0.3 is 6.09 Å². The summed E-state index contributed by atoms with van der Waals surface area (Å²) >= 11 is 0. The zero-order valence-electron chi connectivity index (χ0n) is 8.10. The Balaban J connectivity index is 2.39. The van der Waals surface area contributed by atoms with Crippen molar-refractivity contribution in [2.45, 2.75) is 12.5 Å². The molecule has 86 valence electrons. The molecule has 1 amide bonds. The third-order valence-corrected chi connectivity index (χ3v) is 2.36. The fraction of sp³-hybridized carbons (Fsp3) is 0.300. The standard InChI is InChI=1S/C10H8F3NO2/c11-5-1-2-6(12)9(13)8(5)7-3-4-16-10(15)14-7/h1-2,7H,3-4H2,(H,14,15)/t7-/m0/s1. The van der Waals surface area contributed by atoms with E-state index in [1.807, 2.05) is 0 Å². The van der Waals surface area contributed by atoms with Gasteiger partial charge in [0.25, 0.3) is 0 Å². The fourth-order valence-electron chi connectivity index (χ4n) is 1.60. The molecule has 1 aliphatic heterocycles. The maximum atomic E-state index is 13.4. The SMILES string of the molecule is O=C1N[C@H](c2c(F)ccc(F)c2F)CCO1. The van der Waals surface area contributed by atoms with Crippen molar-refractivity contribution in [3.05, 3.63) is 35.1 Å². The quantitative estimate of drug-likeness (QED) is 0.753. The minimum atomic E-state index is -1.27. The van der Waals surface area contributed by atoms with Gasteiger partial charge in [0.15, 0.2) is 11.6 Å². The average Bonchev–Trinajstić information content (AvgIpc) is 2.24. The van der Waals surface area contributed by atoms with E-state index in [9.17, 15) is 18.0 Å². The molecule has 0 unspecified atom stereocenters. The van der Waals surface area contributed by atoms with Crippen molar-refractivity contribution < 1.29 is 22.7 Å². The summed E-state index contributed by atoms with van der Waals surface area (Å²) < 4.78 is 44.2. The smallest absolute Gasteiger partial charge is 0.407 e. The molecule has 0 radical (unpaired) electrons. The van der Waals surface area contributed by atoms with Crippen molar-refractivity contribution in [2.24, 2.45) is 0 Å². The number of carbonyl (C=O) groups excluding carboxylic acids is 1. The summed E-state index contributed by atoms with van der Waals surface area (Å²) in [7, 11) is 0. The summed E-state index contributed by atoms with van der Waals surface area (Å²) in [4.78, 5) is 10.9. The number of halogens is 3. The second-order valence-electron chi connectivity index (χ2n) is 3.38. The van der Waals surface area contributed by atoms with E-state index >= 15 is 0 Å². The van der Waals surface area contributed by atoms with Crippen molar-refractivity contribution in [3.63, 3.8) is 0 Å². The van der Waals surface area contributed by atoms with E-state index in [4.69, 9.17) is 0 Å². The zero-order valence-corrected chi connectivity index (χ0v) is 8.10. The van der Waals surface area contributed by atoms with Crippen LogP contribution >= 0.6 is 0 Å². The normalized spacial score (nSPS) is 20.2. The summed E-state index contributed by atoms with van der Waals surface area (Å²) in [6, 6.07) is 0.641. The van der Waals surface area contributed by atoms with Gasteiger partial charge in [-0.1, -0.05) is 0 Å². The van der Waals surface area contributed by atoms with Crippen LogP contribution in [0.1, 0.15) is 18.0 Å². The van der Waals surface area contributed by atoms with E-state index in [0.717, 1.165) is 6.07 Å². The van der Waals surface area contributed by atoms with Crippen LogP contribution in [0.15, 0.2) is 12.1 Å². The number of benzene rings is 1. The summed E-state index contributed by atoms with van der Waals surface area (Å²) in [5.41, 5.74) is -0.461. The number of carbonyl (C=O) groups is 1. The first kappa shape index (κ1) is 10.8. The Labute approximate surface area is 89.2 Å². The summed E-state index contributed by atoms with van der Waals surface area (Å²) in [5.74, 6) is -3.30. The average molecular weight is 231 g/mol. The van der Waals surface area contributed by atoms with E-state index < -0.39 is 35.2 Å². The number of hydrogen-bond donors (Lipinski definition) is 1. The maximum Gasteiger partial charge on any atom is 0.407 e. The second kappa shape index (κ2) is 4.03. The molecule has 16 heavy (non-hydrogen) atoms. The highest BCUT2D eigenvalue weighted by molar-refractivity contribution is 5.68. The van der Waals surface area contributed by atoms with Crippen molar-refractivity contribution >= 4 is 6.09 Å². The van der Waals surface area contributed by atoms with Gasteiger partial charge in [-0.15, -0.1) is 0 Å². The molecular weight excluding hydrogens is 223 g/mol. The number of amides is 1. The van der Waals surface area contributed by atoms with E-state index in [0.29, 0.717) is 6.07 Å². The molecule has 1 saturated heterocycles. The Morgan fingerprint density at radius 2 is 1.94 bits per heavy atom. The first-order valence-corrected chi connectivity index (χ1v) is 4.66. The highest BCUT2D eigenvalue weighted by atomic mass is 19.2. The van der Waals surface area contributed by atoms with Crippen LogP contribution in [0.4, 0.5) is 18.0 Å². The van der Waals surface area contributed by atoms with Crippen LogP contribution in [0.2, 0.25) is 0 Å². The monoisotopic (exact) mass is 231 g/mol. The van der Waals surface area contributed by atoms with Crippen LogP contribution < -0.4 is 5.32 Å². The largest absolute Gasteiger partial charge is 0.449 e. The van der Waals surface area contributed by atoms with E-state index in [-0.39, 0.29) is 13.0 Å². The molecule has 1 atom stereocenters. The highest BCUT2D eigenvalue weighted by Crippen LogP contribution is 2.26. The van der Waals surface area contributed by atoms with Crippen LogP contribution in [-0.4, -0.2) is 12.7 Å². The summed E-state index contributed by atoms with van der Waals surface area (Å²) in [5, 5.41) is 2.23. The highest BCUT2D eigenvalue weighted by Gasteiger charge is 2.27.